The zero-order valence-corrected chi connectivity index (χ0v) is 13.3. The minimum Gasteiger partial charge on any atom is -0.372 e. The van der Waals surface area contributed by atoms with Gasteiger partial charge in [0.05, 0.1) is 10.9 Å². The van der Waals surface area contributed by atoms with Crippen molar-refractivity contribution in [2.24, 2.45) is 0 Å². The van der Waals surface area contributed by atoms with Crippen LogP contribution in [-0.2, 0) is 6.54 Å². The summed E-state index contributed by atoms with van der Waals surface area (Å²) in [6, 6.07) is 3.31. The lowest BCUT2D eigenvalue weighted by Crippen LogP contribution is -2.25. The maximum absolute atomic E-state index is 12.1. The highest BCUT2D eigenvalue weighted by Gasteiger charge is 2.15. The fourth-order valence-electron chi connectivity index (χ4n) is 2.56. The third-order valence-electron chi connectivity index (χ3n) is 3.77. The second kappa shape index (κ2) is 6.73. The highest BCUT2D eigenvalue weighted by Crippen LogP contribution is 2.19. The number of hydrogen-bond acceptors (Lipinski definition) is 4. The van der Waals surface area contributed by atoms with E-state index in [-0.39, 0.29) is 5.78 Å². The molecular formula is C17H21NO4. The Kier molecular flexibility index (Phi) is 4.96. The summed E-state index contributed by atoms with van der Waals surface area (Å²) in [5, 5.41) is 0.292. The molecule has 0 amide bonds. The third-order valence-corrected chi connectivity index (χ3v) is 3.77. The van der Waals surface area contributed by atoms with E-state index in [9.17, 15) is 14.4 Å². The van der Waals surface area contributed by atoms with Gasteiger partial charge in [-0.1, -0.05) is 20.3 Å². The summed E-state index contributed by atoms with van der Waals surface area (Å²) in [4.78, 5) is 36.0. The second-order valence-electron chi connectivity index (χ2n) is 5.52. The summed E-state index contributed by atoms with van der Waals surface area (Å²) < 4.78 is 6.27. The minimum absolute atomic E-state index is 0.00704. The van der Waals surface area contributed by atoms with E-state index in [0.29, 0.717) is 29.4 Å². The van der Waals surface area contributed by atoms with Gasteiger partial charge in [0.2, 0.25) is 0 Å². The van der Waals surface area contributed by atoms with Crippen LogP contribution in [-0.4, -0.2) is 10.4 Å². The topological polar surface area (TPSA) is 69.3 Å². The van der Waals surface area contributed by atoms with Crippen molar-refractivity contribution in [3.63, 3.8) is 0 Å². The smallest absolute Gasteiger partial charge is 0.372 e. The number of aromatic nitrogens is 1. The number of carbonyl (C=O) groups excluding carboxylic acids is 1. The van der Waals surface area contributed by atoms with Gasteiger partial charge in [0.25, 0.3) is 0 Å². The molecule has 2 aromatic rings. The standard InChI is InChI=1S/C17H21NO4/c1-4-6-8-18-14-9-11(3)12(15(19)7-5-2)10-13(14)16(20)22-17(18)21/h9-10H,4-8H2,1-3H3. The van der Waals surface area contributed by atoms with Crippen LogP contribution >= 0.6 is 0 Å². The van der Waals surface area contributed by atoms with Crippen LogP contribution in [0.3, 0.4) is 0 Å². The molecule has 0 saturated carbocycles. The SMILES string of the molecule is CCCCn1c(=O)oc(=O)c2cc(C(=O)CCC)c(C)cc21. The summed E-state index contributed by atoms with van der Waals surface area (Å²) in [6.07, 6.45) is 2.94. The third kappa shape index (κ3) is 3.03. The van der Waals surface area contributed by atoms with Gasteiger partial charge >= 0.3 is 11.4 Å². The highest BCUT2D eigenvalue weighted by atomic mass is 16.4. The molecular weight excluding hydrogens is 282 g/mol. The molecule has 1 aromatic carbocycles. The molecule has 1 aromatic heterocycles. The van der Waals surface area contributed by atoms with Crippen LogP contribution in [0.15, 0.2) is 26.1 Å². The number of benzene rings is 1. The fourth-order valence-corrected chi connectivity index (χ4v) is 2.56. The van der Waals surface area contributed by atoms with Gasteiger partial charge in [-0.3, -0.25) is 9.36 Å². The Morgan fingerprint density at radius 1 is 1.18 bits per heavy atom. The monoisotopic (exact) mass is 303 g/mol. The van der Waals surface area contributed by atoms with Crippen molar-refractivity contribution in [3.05, 3.63) is 44.2 Å². The van der Waals surface area contributed by atoms with Gasteiger partial charge in [0, 0.05) is 18.5 Å². The minimum atomic E-state index is -0.682. The van der Waals surface area contributed by atoms with E-state index in [0.717, 1.165) is 24.8 Å². The Morgan fingerprint density at radius 3 is 2.55 bits per heavy atom. The average molecular weight is 303 g/mol. The number of carbonyl (C=O) groups is 1. The van der Waals surface area contributed by atoms with E-state index < -0.39 is 11.4 Å². The molecule has 0 N–H and O–H groups in total. The predicted molar refractivity (Wildman–Crippen MR) is 85.6 cm³/mol. The van der Waals surface area contributed by atoms with Crippen LogP contribution in [0, 0.1) is 6.92 Å². The highest BCUT2D eigenvalue weighted by molar-refractivity contribution is 6.00. The molecule has 2 rings (SSSR count). The molecule has 0 saturated heterocycles. The van der Waals surface area contributed by atoms with Crippen LogP contribution in [0.4, 0.5) is 0 Å². The summed E-state index contributed by atoms with van der Waals surface area (Å²) >= 11 is 0. The lowest BCUT2D eigenvalue weighted by molar-refractivity contribution is 0.0981. The Morgan fingerprint density at radius 2 is 1.91 bits per heavy atom. The molecule has 5 heteroatoms. The van der Waals surface area contributed by atoms with Gasteiger partial charge in [-0.25, -0.2) is 9.59 Å². The molecule has 0 aliphatic rings. The summed E-state index contributed by atoms with van der Waals surface area (Å²) in [5.74, 6) is -0.634. The number of Topliss-reactive ketones (excluding diaryl/α,β-unsaturated/α-hetero) is 1. The molecule has 0 unspecified atom stereocenters. The first-order valence-corrected chi connectivity index (χ1v) is 7.71. The number of aryl methyl sites for hydroxylation is 2. The molecule has 0 spiro atoms. The average Bonchev–Trinajstić information content (AvgIpc) is 2.46. The van der Waals surface area contributed by atoms with Crippen LogP contribution in [0.25, 0.3) is 10.9 Å². The zero-order valence-electron chi connectivity index (χ0n) is 13.3. The Labute approximate surface area is 128 Å². The van der Waals surface area contributed by atoms with Crippen molar-refractivity contribution in [2.45, 2.75) is 53.0 Å². The number of rotatable bonds is 6. The van der Waals surface area contributed by atoms with E-state index in [1.807, 2.05) is 20.8 Å². The van der Waals surface area contributed by atoms with E-state index in [1.54, 1.807) is 12.1 Å². The van der Waals surface area contributed by atoms with E-state index in [1.165, 1.54) is 4.57 Å². The molecule has 0 radical (unpaired) electrons. The second-order valence-corrected chi connectivity index (χ2v) is 5.52. The molecule has 0 bridgehead atoms. The number of hydrogen-bond donors (Lipinski definition) is 0. The molecule has 0 aliphatic carbocycles. The maximum atomic E-state index is 12.1. The molecule has 1 heterocycles. The quantitative estimate of drug-likeness (QED) is 0.769. The lowest BCUT2D eigenvalue weighted by Gasteiger charge is -2.11. The van der Waals surface area contributed by atoms with E-state index in [4.69, 9.17) is 4.42 Å². The molecule has 5 nitrogen and oxygen atoms in total. The largest absolute Gasteiger partial charge is 0.422 e. The molecule has 0 fully saturated rings. The maximum Gasteiger partial charge on any atom is 0.422 e. The first-order chi connectivity index (χ1) is 10.5. The first-order valence-electron chi connectivity index (χ1n) is 7.71. The Bertz CT molecular complexity index is 814. The summed E-state index contributed by atoms with van der Waals surface area (Å²) in [6.45, 7) is 6.28. The Hall–Kier alpha value is -2.17. The number of ketones is 1. The molecule has 22 heavy (non-hydrogen) atoms. The number of nitrogens with zero attached hydrogens (tertiary/aromatic N) is 1. The van der Waals surface area contributed by atoms with E-state index >= 15 is 0 Å². The van der Waals surface area contributed by atoms with Crippen LogP contribution < -0.4 is 11.4 Å². The normalized spacial score (nSPS) is 11.0. The van der Waals surface area contributed by atoms with Crippen molar-refractivity contribution in [1.82, 2.24) is 4.57 Å². The van der Waals surface area contributed by atoms with Crippen molar-refractivity contribution in [3.8, 4) is 0 Å². The number of unbranched alkanes of at least 4 members (excludes halogenated alkanes) is 1. The van der Waals surface area contributed by atoms with Crippen molar-refractivity contribution in [2.75, 3.05) is 0 Å². The van der Waals surface area contributed by atoms with Crippen LogP contribution in [0.1, 0.15) is 55.5 Å². The van der Waals surface area contributed by atoms with Crippen LogP contribution in [0.5, 0.6) is 0 Å². The molecule has 0 aliphatic heterocycles. The van der Waals surface area contributed by atoms with Gasteiger partial charge in [-0.05, 0) is 37.5 Å². The summed E-state index contributed by atoms with van der Waals surface area (Å²) in [7, 11) is 0. The first kappa shape index (κ1) is 16.2. The van der Waals surface area contributed by atoms with Crippen molar-refractivity contribution in [1.29, 1.82) is 0 Å². The lowest BCUT2D eigenvalue weighted by atomic mass is 9.99. The van der Waals surface area contributed by atoms with Gasteiger partial charge in [-0.15, -0.1) is 0 Å². The molecule has 118 valence electrons. The predicted octanol–water partition coefficient (Wildman–Crippen LogP) is 3.05. The zero-order chi connectivity index (χ0) is 16.3. The van der Waals surface area contributed by atoms with Gasteiger partial charge < -0.3 is 4.42 Å². The van der Waals surface area contributed by atoms with Crippen LogP contribution in [0.2, 0.25) is 0 Å². The fraction of sp³-hybridized carbons (Fsp3) is 0.471. The van der Waals surface area contributed by atoms with Crippen molar-refractivity contribution >= 4 is 16.7 Å². The summed E-state index contributed by atoms with van der Waals surface area (Å²) in [5.41, 5.74) is 1.17. The number of fused-ring (bicyclic) bond motifs is 1. The van der Waals surface area contributed by atoms with Gasteiger partial charge in [-0.2, -0.15) is 0 Å². The van der Waals surface area contributed by atoms with E-state index in [2.05, 4.69) is 0 Å². The van der Waals surface area contributed by atoms with Crippen molar-refractivity contribution < 1.29 is 9.21 Å². The van der Waals surface area contributed by atoms with Gasteiger partial charge in [0.15, 0.2) is 5.78 Å². The Balaban J connectivity index is 2.70. The van der Waals surface area contributed by atoms with Gasteiger partial charge in [0.1, 0.15) is 0 Å². The molecule has 0 atom stereocenters.